The van der Waals surface area contributed by atoms with Gasteiger partial charge in [-0.2, -0.15) is 4.20 Å². The number of halogens is 5. The first kappa shape index (κ1) is 15.0. The second kappa shape index (κ2) is 5.26. The van der Waals surface area contributed by atoms with Crippen molar-refractivity contribution in [2.24, 2.45) is 13.5 Å². The highest BCUT2D eigenvalue weighted by atomic mass is 31.3. The fraction of sp³-hybridized carbons (Fsp3) is 0.667. The molecule has 0 spiro atoms. The maximum Gasteiger partial charge on any atom is 0.424 e. The van der Waals surface area contributed by atoms with Crippen molar-refractivity contribution in [3.05, 3.63) is 0 Å². The summed E-state index contributed by atoms with van der Waals surface area (Å²) in [5.41, 5.74) is 1.74. The molecule has 1 aliphatic heterocycles. The van der Waals surface area contributed by atoms with Gasteiger partial charge in [-0.05, 0) is 12.1 Å². The van der Waals surface area contributed by atoms with Crippen LogP contribution in [0.3, 0.4) is 0 Å². The third-order valence-corrected chi connectivity index (χ3v) is 7.33. The van der Waals surface area contributed by atoms with Gasteiger partial charge in [-0.25, -0.2) is 0 Å². The average molecular weight is 311 g/mol. The molecule has 0 saturated heterocycles. The Labute approximate surface area is 96.1 Å². The van der Waals surface area contributed by atoms with Crippen LogP contribution < -0.4 is 0 Å². The molecule has 0 amide bonds. The Hall–Kier alpha value is -0.100. The SMILES string of the molecule is CCCCC#CP1(F)=NP(F)(F)=NP(F)(F)=N1. The van der Waals surface area contributed by atoms with E-state index in [1.807, 2.05) is 11.4 Å². The highest BCUT2D eigenvalue weighted by Crippen LogP contribution is 2.81. The Balaban J connectivity index is 3.13. The summed E-state index contributed by atoms with van der Waals surface area (Å²) in [4.78, 5) is 0. The maximum atomic E-state index is 13.6. The Morgan fingerprint density at radius 2 is 1.53 bits per heavy atom. The van der Waals surface area contributed by atoms with Crippen molar-refractivity contribution in [2.75, 3.05) is 0 Å². The van der Waals surface area contributed by atoms with E-state index in [9.17, 15) is 21.0 Å². The van der Waals surface area contributed by atoms with Crippen molar-refractivity contribution < 1.29 is 21.0 Å². The number of hydrogen-bond donors (Lipinski definition) is 0. The van der Waals surface area contributed by atoms with Gasteiger partial charge in [-0.1, -0.05) is 19.3 Å². The molecule has 0 fully saturated rings. The summed E-state index contributed by atoms with van der Waals surface area (Å²) in [6.45, 7) is 1.86. The molecule has 1 atom stereocenters. The molecule has 1 aliphatic rings. The van der Waals surface area contributed by atoms with Crippen molar-refractivity contribution in [1.82, 2.24) is 0 Å². The van der Waals surface area contributed by atoms with Crippen LogP contribution in [0.15, 0.2) is 13.5 Å². The molecule has 0 radical (unpaired) electrons. The fourth-order valence-corrected chi connectivity index (χ4v) is 6.32. The normalized spacial score (nSPS) is 29.1. The first-order chi connectivity index (χ1) is 7.68. The second-order valence-corrected chi connectivity index (χ2v) is 8.34. The zero-order valence-corrected chi connectivity index (χ0v) is 11.4. The van der Waals surface area contributed by atoms with Crippen molar-refractivity contribution in [1.29, 1.82) is 0 Å². The third-order valence-electron chi connectivity index (χ3n) is 1.54. The van der Waals surface area contributed by atoms with E-state index in [2.05, 4.69) is 15.0 Å². The smallest absolute Gasteiger partial charge is 0.168 e. The molecule has 1 rings (SSSR count). The standard InChI is InChI=1S/C6H9F5N3P3/c1-2-3-4-5-6-15(7)12-16(8,9)14-17(10,11)13-15/h2-4H2,1H3. The lowest BCUT2D eigenvalue weighted by molar-refractivity contribution is 0.698. The van der Waals surface area contributed by atoms with Crippen LogP contribution >= 0.6 is 23.2 Å². The Bertz CT molecular complexity index is 511. The Kier molecular flexibility index (Phi) is 4.63. The molecule has 0 N–H and O–H groups in total. The molecule has 3 nitrogen and oxygen atoms in total. The molecule has 0 bridgehead atoms. The van der Waals surface area contributed by atoms with E-state index in [-0.39, 0.29) is 6.42 Å². The molecule has 98 valence electrons. The highest BCUT2D eigenvalue weighted by Gasteiger charge is 2.38. The molecular weight excluding hydrogens is 302 g/mol. The van der Waals surface area contributed by atoms with E-state index in [1.165, 1.54) is 0 Å². The van der Waals surface area contributed by atoms with Crippen LogP contribution in [0.1, 0.15) is 26.2 Å². The van der Waals surface area contributed by atoms with Gasteiger partial charge in [0.1, 0.15) is 0 Å². The van der Waals surface area contributed by atoms with Gasteiger partial charge in [0.05, 0.1) is 0 Å². The minimum absolute atomic E-state index is 0.248. The van der Waals surface area contributed by atoms with Gasteiger partial charge < -0.3 is 0 Å². The average Bonchev–Trinajstić information content (AvgIpc) is 2.06. The number of hydrogen-bond acceptors (Lipinski definition) is 3. The van der Waals surface area contributed by atoms with Crippen LogP contribution in [-0.2, 0) is 0 Å². The van der Waals surface area contributed by atoms with Gasteiger partial charge in [0, 0.05) is 6.42 Å². The molecule has 11 heteroatoms. The lowest BCUT2D eigenvalue weighted by atomic mass is 10.3. The van der Waals surface area contributed by atoms with E-state index in [0.29, 0.717) is 6.42 Å². The van der Waals surface area contributed by atoms with E-state index >= 15 is 0 Å². The van der Waals surface area contributed by atoms with Crippen LogP contribution in [-0.4, -0.2) is 0 Å². The minimum atomic E-state index is -5.61. The van der Waals surface area contributed by atoms with Crippen molar-refractivity contribution in [2.45, 2.75) is 26.2 Å². The summed E-state index contributed by atoms with van der Waals surface area (Å²) in [7, 11) is -16.0. The molecule has 0 aromatic rings. The van der Waals surface area contributed by atoms with Crippen molar-refractivity contribution >= 4 is 23.2 Å². The van der Waals surface area contributed by atoms with Crippen LogP contribution in [0.5, 0.6) is 0 Å². The molecule has 0 aliphatic carbocycles. The fourth-order valence-electron chi connectivity index (χ4n) is 0.935. The van der Waals surface area contributed by atoms with Crippen molar-refractivity contribution in [3.63, 3.8) is 0 Å². The van der Waals surface area contributed by atoms with Crippen LogP contribution in [0, 0.1) is 11.6 Å². The number of nitrogens with zero attached hydrogens (tertiary/aromatic N) is 3. The second-order valence-electron chi connectivity index (χ2n) is 3.10. The van der Waals surface area contributed by atoms with E-state index in [1.54, 1.807) is 5.66 Å². The van der Waals surface area contributed by atoms with E-state index < -0.39 is 23.2 Å². The molecule has 17 heavy (non-hydrogen) atoms. The lowest BCUT2D eigenvalue weighted by Gasteiger charge is -2.11. The monoisotopic (exact) mass is 311 g/mol. The Morgan fingerprint density at radius 1 is 0.941 bits per heavy atom. The molecule has 0 aromatic carbocycles. The maximum absolute atomic E-state index is 13.6. The van der Waals surface area contributed by atoms with Crippen LogP contribution in [0.4, 0.5) is 21.0 Å². The summed E-state index contributed by atoms with van der Waals surface area (Å²) in [5, 5.41) is 0. The molecule has 1 heterocycles. The molecule has 1 unspecified atom stereocenters. The zero-order chi connectivity index (χ0) is 13.2. The van der Waals surface area contributed by atoms with Gasteiger partial charge in [-0.3, -0.25) is 0 Å². The largest absolute Gasteiger partial charge is 0.424 e. The lowest BCUT2D eigenvalue weighted by Crippen LogP contribution is -1.73. The summed E-state index contributed by atoms with van der Waals surface area (Å²) in [5.74, 6) is 2.24. The van der Waals surface area contributed by atoms with E-state index in [0.717, 1.165) is 6.42 Å². The first-order valence-electron chi connectivity index (χ1n) is 4.58. The molecule has 0 aromatic heterocycles. The summed E-state index contributed by atoms with van der Waals surface area (Å²) in [6, 6.07) is 0. The van der Waals surface area contributed by atoms with Crippen molar-refractivity contribution in [3.8, 4) is 11.6 Å². The molecule has 0 saturated carbocycles. The highest BCUT2D eigenvalue weighted by molar-refractivity contribution is 7.81. The predicted molar refractivity (Wildman–Crippen MR) is 60.9 cm³/mol. The quantitative estimate of drug-likeness (QED) is 0.230. The van der Waals surface area contributed by atoms with Gasteiger partial charge >= 0.3 is 23.2 Å². The summed E-state index contributed by atoms with van der Waals surface area (Å²) >= 11 is 0. The van der Waals surface area contributed by atoms with E-state index in [4.69, 9.17) is 0 Å². The van der Waals surface area contributed by atoms with Gasteiger partial charge in [-0.15, -0.1) is 30.3 Å². The van der Waals surface area contributed by atoms with Crippen LogP contribution in [0.25, 0.3) is 0 Å². The minimum Gasteiger partial charge on any atom is -0.168 e. The summed E-state index contributed by atoms with van der Waals surface area (Å²) < 4.78 is 71.4. The molecular formula is C6H9F5N3P3. The van der Waals surface area contributed by atoms with Gasteiger partial charge in [0.15, 0.2) is 0 Å². The first-order valence-corrected chi connectivity index (χ1v) is 9.12. The van der Waals surface area contributed by atoms with Crippen LogP contribution in [0.2, 0.25) is 0 Å². The van der Waals surface area contributed by atoms with Gasteiger partial charge in [0.25, 0.3) is 0 Å². The zero-order valence-electron chi connectivity index (χ0n) is 8.69. The predicted octanol–water partition coefficient (Wildman–Crippen LogP) is 6.92. The topological polar surface area (TPSA) is 37.1 Å². The number of rotatable bonds is 2. The van der Waals surface area contributed by atoms with Gasteiger partial charge in [0.2, 0.25) is 0 Å². The number of unbranched alkanes of at least 4 members (excludes halogenated alkanes) is 2. The Morgan fingerprint density at radius 3 is 2.06 bits per heavy atom. The summed E-state index contributed by atoms with van der Waals surface area (Å²) in [6.07, 6.45) is 1.66. The third kappa shape index (κ3) is 4.95.